The molecule has 3 unspecified atom stereocenters. The fraction of sp³-hybridized carbons (Fsp3) is 1.00. The maximum Gasteiger partial charge on any atom is 0.0648 e. The summed E-state index contributed by atoms with van der Waals surface area (Å²) in [6.45, 7) is 4.25. The second-order valence-electron chi connectivity index (χ2n) is 5.82. The number of hydrogen-bond donors (Lipinski definition) is 1. The number of piperidine rings is 1. The predicted octanol–water partition coefficient (Wildman–Crippen LogP) is 1.12. The average molecular weight is 210 g/mol. The number of ether oxygens (including phenoxy) is 1. The standard InChI is InChI=1S/C12H22N2O/c1-12(4-5-15-8-12)14-10-2-3-11(14)7-9(13)6-10/h9-11H,2-8,13H2,1H3. The molecule has 0 saturated carbocycles. The van der Waals surface area contributed by atoms with Gasteiger partial charge in [-0.05, 0) is 39.0 Å². The summed E-state index contributed by atoms with van der Waals surface area (Å²) in [5, 5.41) is 0. The third-order valence-electron chi connectivity index (χ3n) is 4.59. The van der Waals surface area contributed by atoms with Crippen molar-refractivity contribution < 1.29 is 4.74 Å². The van der Waals surface area contributed by atoms with Gasteiger partial charge in [-0.2, -0.15) is 0 Å². The van der Waals surface area contributed by atoms with E-state index >= 15 is 0 Å². The summed E-state index contributed by atoms with van der Waals surface area (Å²) in [6, 6.07) is 1.93. The molecule has 0 aromatic rings. The lowest BCUT2D eigenvalue weighted by atomic mass is 9.89. The van der Waals surface area contributed by atoms with Gasteiger partial charge in [0.25, 0.3) is 0 Å². The van der Waals surface area contributed by atoms with E-state index in [1.54, 1.807) is 0 Å². The number of hydrogen-bond acceptors (Lipinski definition) is 3. The fourth-order valence-electron chi connectivity index (χ4n) is 3.96. The fourth-order valence-corrected chi connectivity index (χ4v) is 3.96. The average Bonchev–Trinajstić information content (AvgIpc) is 2.71. The van der Waals surface area contributed by atoms with E-state index in [0.29, 0.717) is 11.6 Å². The van der Waals surface area contributed by atoms with E-state index in [4.69, 9.17) is 10.5 Å². The highest BCUT2D eigenvalue weighted by Crippen LogP contribution is 2.42. The minimum Gasteiger partial charge on any atom is -0.379 e. The highest BCUT2D eigenvalue weighted by atomic mass is 16.5. The molecule has 3 fully saturated rings. The van der Waals surface area contributed by atoms with E-state index in [2.05, 4.69) is 11.8 Å². The summed E-state index contributed by atoms with van der Waals surface area (Å²) in [5.41, 5.74) is 6.41. The Kier molecular flexibility index (Phi) is 2.31. The first-order valence-corrected chi connectivity index (χ1v) is 6.31. The highest BCUT2D eigenvalue weighted by Gasteiger charge is 2.49. The first-order valence-electron chi connectivity index (χ1n) is 6.31. The molecule has 3 aliphatic rings. The molecule has 2 N–H and O–H groups in total. The van der Waals surface area contributed by atoms with Gasteiger partial charge in [0.1, 0.15) is 0 Å². The quantitative estimate of drug-likeness (QED) is 0.705. The van der Waals surface area contributed by atoms with Gasteiger partial charge in [-0.1, -0.05) is 0 Å². The van der Waals surface area contributed by atoms with Gasteiger partial charge in [0, 0.05) is 30.3 Å². The molecule has 0 spiro atoms. The van der Waals surface area contributed by atoms with Crippen LogP contribution in [0.3, 0.4) is 0 Å². The van der Waals surface area contributed by atoms with Crippen molar-refractivity contribution in [3.05, 3.63) is 0 Å². The third-order valence-corrected chi connectivity index (χ3v) is 4.59. The lowest BCUT2D eigenvalue weighted by Crippen LogP contribution is -2.58. The number of rotatable bonds is 1. The number of fused-ring (bicyclic) bond motifs is 2. The number of nitrogens with zero attached hydrogens (tertiary/aromatic N) is 1. The zero-order chi connectivity index (χ0) is 10.5. The van der Waals surface area contributed by atoms with Crippen molar-refractivity contribution in [3.8, 4) is 0 Å². The van der Waals surface area contributed by atoms with Crippen LogP contribution in [0.5, 0.6) is 0 Å². The molecule has 3 rings (SSSR count). The van der Waals surface area contributed by atoms with Gasteiger partial charge in [-0.15, -0.1) is 0 Å². The van der Waals surface area contributed by atoms with Gasteiger partial charge < -0.3 is 10.5 Å². The molecule has 3 aliphatic heterocycles. The van der Waals surface area contributed by atoms with Crippen LogP contribution in [0, 0.1) is 0 Å². The van der Waals surface area contributed by atoms with Crippen LogP contribution in [0.25, 0.3) is 0 Å². The van der Waals surface area contributed by atoms with Crippen LogP contribution in [0.1, 0.15) is 39.0 Å². The molecule has 86 valence electrons. The molecule has 0 aromatic heterocycles. The Balaban J connectivity index is 1.82. The maximum atomic E-state index is 6.10. The topological polar surface area (TPSA) is 38.5 Å². The Labute approximate surface area is 91.9 Å². The van der Waals surface area contributed by atoms with Crippen LogP contribution in [0.2, 0.25) is 0 Å². The second-order valence-corrected chi connectivity index (χ2v) is 5.82. The third kappa shape index (κ3) is 1.52. The molecular weight excluding hydrogens is 188 g/mol. The van der Waals surface area contributed by atoms with Crippen LogP contribution in [-0.4, -0.2) is 41.8 Å². The summed E-state index contributed by atoms with van der Waals surface area (Å²) in [5.74, 6) is 0. The number of nitrogens with two attached hydrogens (primary N) is 1. The monoisotopic (exact) mass is 210 g/mol. The van der Waals surface area contributed by atoms with Gasteiger partial charge in [0.2, 0.25) is 0 Å². The van der Waals surface area contributed by atoms with Gasteiger partial charge in [0.15, 0.2) is 0 Å². The molecule has 3 nitrogen and oxygen atoms in total. The lowest BCUT2D eigenvalue weighted by molar-refractivity contribution is 0.00776. The Morgan fingerprint density at radius 1 is 1.27 bits per heavy atom. The Morgan fingerprint density at radius 3 is 2.47 bits per heavy atom. The van der Waals surface area contributed by atoms with Crippen LogP contribution in [0.15, 0.2) is 0 Å². The van der Waals surface area contributed by atoms with Gasteiger partial charge in [0.05, 0.1) is 6.61 Å². The molecule has 0 amide bonds. The van der Waals surface area contributed by atoms with Gasteiger partial charge in [-0.25, -0.2) is 0 Å². The van der Waals surface area contributed by atoms with E-state index in [-0.39, 0.29) is 0 Å². The zero-order valence-electron chi connectivity index (χ0n) is 9.61. The highest BCUT2D eigenvalue weighted by molar-refractivity contribution is 5.05. The maximum absolute atomic E-state index is 6.10. The van der Waals surface area contributed by atoms with Crippen LogP contribution in [-0.2, 0) is 4.74 Å². The minimum absolute atomic E-state index is 0.311. The molecule has 3 saturated heterocycles. The predicted molar refractivity (Wildman–Crippen MR) is 59.7 cm³/mol. The van der Waals surface area contributed by atoms with Crippen LogP contribution < -0.4 is 5.73 Å². The summed E-state index contributed by atoms with van der Waals surface area (Å²) in [7, 11) is 0. The van der Waals surface area contributed by atoms with E-state index < -0.39 is 0 Å². The van der Waals surface area contributed by atoms with Crippen molar-refractivity contribution in [3.63, 3.8) is 0 Å². The molecule has 15 heavy (non-hydrogen) atoms. The van der Waals surface area contributed by atoms with Crippen molar-refractivity contribution in [2.75, 3.05) is 13.2 Å². The molecule has 2 bridgehead atoms. The van der Waals surface area contributed by atoms with Gasteiger partial charge in [-0.3, -0.25) is 4.90 Å². The van der Waals surface area contributed by atoms with Crippen molar-refractivity contribution >= 4 is 0 Å². The van der Waals surface area contributed by atoms with Crippen molar-refractivity contribution in [1.29, 1.82) is 0 Å². The van der Waals surface area contributed by atoms with Crippen molar-refractivity contribution in [2.45, 2.75) is 62.7 Å². The van der Waals surface area contributed by atoms with Crippen LogP contribution in [0.4, 0.5) is 0 Å². The Hall–Kier alpha value is -0.120. The lowest BCUT2D eigenvalue weighted by Gasteiger charge is -2.47. The first-order chi connectivity index (χ1) is 7.19. The SMILES string of the molecule is CC1(N2C3CCC2CC(N)C3)CCOC1. The summed E-state index contributed by atoms with van der Waals surface area (Å²) >= 11 is 0. The molecule has 0 radical (unpaired) electrons. The van der Waals surface area contributed by atoms with E-state index in [9.17, 15) is 0 Å². The molecule has 0 aromatic carbocycles. The summed E-state index contributed by atoms with van der Waals surface area (Å²) in [6.07, 6.45) is 6.31. The Bertz CT molecular complexity index is 236. The smallest absolute Gasteiger partial charge is 0.0648 e. The first kappa shape index (κ1) is 10.1. The molecule has 0 aliphatic carbocycles. The molecular formula is C12H22N2O. The van der Waals surface area contributed by atoms with Crippen molar-refractivity contribution in [1.82, 2.24) is 4.90 Å². The zero-order valence-corrected chi connectivity index (χ0v) is 9.61. The molecule has 3 heteroatoms. The molecule has 3 atom stereocenters. The van der Waals surface area contributed by atoms with E-state index in [0.717, 1.165) is 25.3 Å². The summed E-state index contributed by atoms with van der Waals surface area (Å²) < 4.78 is 5.59. The van der Waals surface area contributed by atoms with E-state index in [1.165, 1.54) is 32.1 Å². The minimum atomic E-state index is 0.311. The van der Waals surface area contributed by atoms with E-state index in [1.807, 2.05) is 0 Å². The largest absolute Gasteiger partial charge is 0.379 e. The van der Waals surface area contributed by atoms with Gasteiger partial charge >= 0.3 is 0 Å². The summed E-state index contributed by atoms with van der Waals surface area (Å²) in [4.78, 5) is 2.75. The van der Waals surface area contributed by atoms with Crippen LogP contribution >= 0.6 is 0 Å². The Morgan fingerprint density at radius 2 is 1.93 bits per heavy atom. The second kappa shape index (κ2) is 3.44. The molecule has 3 heterocycles. The normalized spacial score (nSPS) is 51.2. The van der Waals surface area contributed by atoms with Crippen molar-refractivity contribution in [2.24, 2.45) is 5.73 Å².